The van der Waals surface area contributed by atoms with Crippen LogP contribution in [-0.2, 0) is 10.8 Å². The van der Waals surface area contributed by atoms with E-state index >= 15 is 0 Å². The Morgan fingerprint density at radius 2 is 2.10 bits per heavy atom. The second kappa shape index (κ2) is 8.04. The molecule has 20 heavy (non-hydrogen) atoms. The van der Waals surface area contributed by atoms with Crippen LogP contribution in [0.2, 0.25) is 0 Å². The number of amides is 1. The van der Waals surface area contributed by atoms with Gasteiger partial charge >= 0.3 is 0 Å². The highest BCUT2D eigenvalue weighted by molar-refractivity contribution is 7.84. The van der Waals surface area contributed by atoms with Gasteiger partial charge in [-0.15, -0.1) is 0 Å². The molecule has 0 radical (unpaired) electrons. The van der Waals surface area contributed by atoms with Gasteiger partial charge < -0.3 is 10.6 Å². The summed E-state index contributed by atoms with van der Waals surface area (Å²) in [5.74, 6) is -0.0879. The number of nitrogens with one attached hydrogen (secondary N) is 2. The highest BCUT2D eigenvalue weighted by Crippen LogP contribution is 2.17. The number of rotatable bonds is 7. The van der Waals surface area contributed by atoms with E-state index in [-0.39, 0.29) is 11.2 Å². The first kappa shape index (κ1) is 16.7. The molecule has 1 aromatic rings. The fourth-order valence-corrected chi connectivity index (χ4v) is 2.29. The lowest BCUT2D eigenvalue weighted by atomic mass is 10.1. The van der Waals surface area contributed by atoms with Crippen molar-refractivity contribution in [1.82, 2.24) is 5.32 Å². The van der Waals surface area contributed by atoms with Crippen LogP contribution in [0.25, 0.3) is 0 Å². The number of hydrogen-bond acceptors (Lipinski definition) is 3. The lowest BCUT2D eigenvalue weighted by Crippen LogP contribution is -2.28. The lowest BCUT2D eigenvalue weighted by Gasteiger charge is -2.13. The van der Waals surface area contributed by atoms with E-state index in [2.05, 4.69) is 10.6 Å². The van der Waals surface area contributed by atoms with Gasteiger partial charge in [0.15, 0.2) is 0 Å². The van der Waals surface area contributed by atoms with Gasteiger partial charge in [-0.3, -0.25) is 9.00 Å². The van der Waals surface area contributed by atoms with Gasteiger partial charge in [0.2, 0.25) is 0 Å². The fraction of sp³-hybridized carbons (Fsp3) is 0.533. The van der Waals surface area contributed by atoms with Crippen LogP contribution in [0, 0.1) is 6.92 Å². The maximum Gasteiger partial charge on any atom is 0.253 e. The average molecular weight is 296 g/mol. The Kier molecular flexibility index (Phi) is 6.71. The minimum absolute atomic E-state index is 0.0879. The molecule has 0 aliphatic carbocycles. The molecule has 0 aliphatic heterocycles. The molecule has 4 nitrogen and oxygen atoms in total. The third-order valence-corrected chi connectivity index (χ3v) is 4.56. The largest absolute Gasteiger partial charge is 0.385 e. The summed E-state index contributed by atoms with van der Waals surface area (Å²) < 4.78 is 11.3. The number of carbonyl (C=O) groups is 1. The second-order valence-electron chi connectivity index (χ2n) is 4.93. The van der Waals surface area contributed by atoms with E-state index in [1.165, 1.54) is 0 Å². The SMILES string of the molecule is CCNc1cc(C)ccc1C(=O)NCCC(C)S(C)=O. The maximum absolute atomic E-state index is 12.2. The second-order valence-corrected chi connectivity index (χ2v) is 6.74. The van der Waals surface area contributed by atoms with Gasteiger partial charge in [-0.25, -0.2) is 0 Å². The third kappa shape index (κ3) is 4.96. The van der Waals surface area contributed by atoms with Crippen LogP contribution in [0.1, 0.15) is 36.2 Å². The highest BCUT2D eigenvalue weighted by atomic mass is 32.2. The zero-order valence-corrected chi connectivity index (χ0v) is 13.5. The minimum atomic E-state index is -0.844. The Morgan fingerprint density at radius 1 is 1.40 bits per heavy atom. The first-order chi connectivity index (χ1) is 9.45. The van der Waals surface area contributed by atoms with E-state index in [1.807, 2.05) is 39.0 Å². The van der Waals surface area contributed by atoms with Gasteiger partial charge in [-0.2, -0.15) is 0 Å². The Bertz CT molecular complexity index is 489. The molecule has 2 N–H and O–H groups in total. The standard InChI is InChI=1S/C15H24N2O2S/c1-5-16-14-10-11(2)6-7-13(14)15(18)17-9-8-12(3)20(4)19/h6-7,10,12,16H,5,8-9H2,1-4H3,(H,17,18). The number of hydrogen-bond donors (Lipinski definition) is 2. The van der Waals surface area contributed by atoms with E-state index in [9.17, 15) is 9.00 Å². The number of benzene rings is 1. The van der Waals surface area contributed by atoms with Gasteiger partial charge in [0, 0.05) is 41.1 Å². The molecule has 0 spiro atoms. The fourth-order valence-electron chi connectivity index (χ4n) is 1.84. The molecule has 5 heteroatoms. The van der Waals surface area contributed by atoms with Crippen LogP contribution >= 0.6 is 0 Å². The zero-order valence-electron chi connectivity index (χ0n) is 12.7. The summed E-state index contributed by atoms with van der Waals surface area (Å²) in [6.07, 6.45) is 2.41. The Balaban J connectivity index is 2.65. The predicted molar refractivity (Wildman–Crippen MR) is 85.8 cm³/mol. The quantitative estimate of drug-likeness (QED) is 0.812. The molecule has 1 amide bonds. The Labute approximate surface area is 123 Å². The smallest absolute Gasteiger partial charge is 0.253 e. The summed E-state index contributed by atoms with van der Waals surface area (Å²) >= 11 is 0. The van der Waals surface area contributed by atoms with Gasteiger partial charge in [0.05, 0.1) is 5.56 Å². The van der Waals surface area contributed by atoms with Crippen molar-refractivity contribution in [2.75, 3.05) is 24.7 Å². The van der Waals surface area contributed by atoms with Crippen molar-refractivity contribution in [3.63, 3.8) is 0 Å². The molecule has 0 saturated carbocycles. The first-order valence-corrected chi connectivity index (χ1v) is 8.52. The molecular formula is C15H24N2O2S. The predicted octanol–water partition coefficient (Wildman–Crippen LogP) is 2.31. The van der Waals surface area contributed by atoms with Gasteiger partial charge in [0.1, 0.15) is 0 Å². The Hall–Kier alpha value is -1.36. The van der Waals surface area contributed by atoms with Crippen LogP contribution in [0.5, 0.6) is 0 Å². The van der Waals surface area contributed by atoms with Crippen LogP contribution in [-0.4, -0.2) is 34.7 Å². The molecule has 1 aromatic carbocycles. The van der Waals surface area contributed by atoms with Gasteiger partial charge in [-0.1, -0.05) is 13.0 Å². The number of carbonyl (C=O) groups excluding carboxylic acids is 1. The number of aryl methyl sites for hydroxylation is 1. The van der Waals surface area contributed by atoms with Crippen molar-refractivity contribution in [1.29, 1.82) is 0 Å². The summed E-state index contributed by atoms with van der Waals surface area (Å²) in [5, 5.41) is 6.19. The molecule has 0 aromatic heterocycles. The Morgan fingerprint density at radius 3 is 2.70 bits per heavy atom. The van der Waals surface area contributed by atoms with Crippen LogP contribution in [0.15, 0.2) is 18.2 Å². The van der Waals surface area contributed by atoms with E-state index in [0.29, 0.717) is 12.1 Å². The molecule has 1 rings (SSSR count). The molecule has 0 aliphatic rings. The zero-order chi connectivity index (χ0) is 15.1. The van der Waals surface area contributed by atoms with Crippen molar-refractivity contribution < 1.29 is 9.00 Å². The van der Waals surface area contributed by atoms with Crippen molar-refractivity contribution in [2.24, 2.45) is 0 Å². The van der Waals surface area contributed by atoms with Crippen molar-refractivity contribution in [3.8, 4) is 0 Å². The lowest BCUT2D eigenvalue weighted by molar-refractivity contribution is 0.0954. The molecule has 0 fully saturated rings. The third-order valence-electron chi connectivity index (χ3n) is 3.19. The van der Waals surface area contributed by atoms with E-state index in [1.54, 1.807) is 6.26 Å². The molecule has 112 valence electrons. The van der Waals surface area contributed by atoms with Gasteiger partial charge in [-0.05, 0) is 38.0 Å². The van der Waals surface area contributed by atoms with Crippen LogP contribution < -0.4 is 10.6 Å². The molecule has 0 bridgehead atoms. The molecule has 0 heterocycles. The molecular weight excluding hydrogens is 272 g/mol. The summed E-state index contributed by atoms with van der Waals surface area (Å²) in [6, 6.07) is 5.74. The van der Waals surface area contributed by atoms with E-state index in [0.717, 1.165) is 24.2 Å². The van der Waals surface area contributed by atoms with Crippen molar-refractivity contribution in [3.05, 3.63) is 29.3 Å². The number of anilines is 1. The normalized spacial score (nSPS) is 13.6. The van der Waals surface area contributed by atoms with E-state index in [4.69, 9.17) is 0 Å². The molecule has 2 unspecified atom stereocenters. The monoisotopic (exact) mass is 296 g/mol. The van der Waals surface area contributed by atoms with Crippen LogP contribution in [0.4, 0.5) is 5.69 Å². The van der Waals surface area contributed by atoms with Crippen molar-refractivity contribution >= 4 is 22.4 Å². The average Bonchev–Trinajstić information content (AvgIpc) is 2.38. The molecule has 2 atom stereocenters. The van der Waals surface area contributed by atoms with Crippen LogP contribution in [0.3, 0.4) is 0 Å². The topological polar surface area (TPSA) is 58.2 Å². The van der Waals surface area contributed by atoms with E-state index < -0.39 is 10.8 Å². The minimum Gasteiger partial charge on any atom is -0.385 e. The highest BCUT2D eigenvalue weighted by Gasteiger charge is 2.12. The summed E-state index contributed by atoms with van der Waals surface area (Å²) in [5.41, 5.74) is 2.63. The maximum atomic E-state index is 12.2. The summed E-state index contributed by atoms with van der Waals surface area (Å²) in [7, 11) is -0.844. The molecule has 0 saturated heterocycles. The van der Waals surface area contributed by atoms with Crippen molar-refractivity contribution in [2.45, 2.75) is 32.4 Å². The summed E-state index contributed by atoms with van der Waals surface area (Å²) in [4.78, 5) is 12.2. The summed E-state index contributed by atoms with van der Waals surface area (Å²) in [6.45, 7) is 7.25. The first-order valence-electron chi connectivity index (χ1n) is 6.90. The van der Waals surface area contributed by atoms with Gasteiger partial charge in [0.25, 0.3) is 5.91 Å².